The number of carbonyl (C=O) groups excluding carboxylic acids is 4. The minimum absolute atomic E-state index is 0.0247. The number of nitrogens with one attached hydrogen (secondary N) is 3. The van der Waals surface area contributed by atoms with Crippen molar-refractivity contribution < 1.29 is 45.5 Å². The number of anilines is 2. The number of alkyl halides is 6. The molecule has 4 heterocycles. The largest absolute Gasteiger partial charge is 0.416 e. The molecule has 66 heavy (non-hydrogen) atoms. The van der Waals surface area contributed by atoms with Gasteiger partial charge in [-0.3, -0.25) is 19.4 Å². The molecule has 2 atom stereocenters. The molecule has 0 unspecified atom stereocenters. The third kappa shape index (κ3) is 8.89. The lowest BCUT2D eigenvalue weighted by Gasteiger charge is -2.34. The predicted octanol–water partition coefficient (Wildman–Crippen LogP) is 7.66. The van der Waals surface area contributed by atoms with Crippen LogP contribution in [0.4, 0.5) is 47.3 Å². The van der Waals surface area contributed by atoms with Gasteiger partial charge in [0.25, 0.3) is 11.8 Å². The van der Waals surface area contributed by atoms with E-state index in [9.17, 15) is 56.0 Å². The number of amides is 6. The molecular formula is C47H39F6N9O4. The van der Waals surface area contributed by atoms with Gasteiger partial charge in [-0.1, -0.05) is 42.8 Å². The van der Waals surface area contributed by atoms with Crippen LogP contribution in [-0.4, -0.2) is 72.9 Å². The van der Waals surface area contributed by atoms with Crippen molar-refractivity contribution >= 4 is 35.3 Å². The molecule has 0 saturated heterocycles. The topological polar surface area (TPSA) is 165 Å². The number of benzene rings is 4. The highest BCUT2D eigenvalue weighted by atomic mass is 19.4. The molecule has 4 aliphatic rings. The van der Waals surface area contributed by atoms with Crippen LogP contribution in [0.1, 0.15) is 64.7 Å². The van der Waals surface area contributed by atoms with Crippen molar-refractivity contribution in [2.45, 2.75) is 43.7 Å². The Morgan fingerprint density at radius 1 is 0.576 bits per heavy atom. The van der Waals surface area contributed by atoms with Gasteiger partial charge in [0.05, 0.1) is 93.5 Å². The van der Waals surface area contributed by atoms with Crippen LogP contribution in [0.2, 0.25) is 0 Å². The molecule has 3 N–H and O–H groups in total. The maximum atomic E-state index is 14.0. The first-order valence-electron chi connectivity index (χ1n) is 20.9. The Hall–Kier alpha value is -7.64. The van der Waals surface area contributed by atoms with Gasteiger partial charge in [-0.15, -0.1) is 0 Å². The van der Waals surface area contributed by atoms with Crippen molar-refractivity contribution in [3.05, 3.63) is 153 Å². The molecule has 0 aromatic heterocycles. The van der Waals surface area contributed by atoms with Gasteiger partial charge in [0, 0.05) is 19.6 Å². The smallest absolute Gasteiger partial charge is 0.333 e. The summed E-state index contributed by atoms with van der Waals surface area (Å²) in [5, 5.41) is 27.4. The molecular weight excluding hydrogens is 869 g/mol. The average Bonchev–Trinajstić information content (AvgIpc) is 3.80. The first-order valence-corrected chi connectivity index (χ1v) is 20.9. The van der Waals surface area contributed by atoms with Gasteiger partial charge < -0.3 is 25.8 Å². The van der Waals surface area contributed by atoms with E-state index in [0.29, 0.717) is 54.6 Å². The highest BCUT2D eigenvalue weighted by Gasteiger charge is 2.47. The van der Waals surface area contributed by atoms with Gasteiger partial charge in [0.1, 0.15) is 0 Å². The SMILES string of the molecule is N#Cc1ccc([C@H]2NC(=O)N(c3cccc(C(F)(F)F)c3)C3=C2C(=O)N(CCCCCNCCN2CC4=C(C2=O)[C@@H](c2ccc(C#N)cc2)NC(=O)N4c2cccc(C(F)(F)F)c2)C3)cc1. The highest BCUT2D eigenvalue weighted by molar-refractivity contribution is 6.08. The van der Waals surface area contributed by atoms with Crippen LogP contribution in [0.5, 0.6) is 0 Å². The summed E-state index contributed by atoms with van der Waals surface area (Å²) in [6, 6.07) is 22.0. The zero-order chi connectivity index (χ0) is 46.9. The number of nitrogens with zero attached hydrogens (tertiary/aromatic N) is 6. The Balaban J connectivity index is 0.889. The fourth-order valence-electron chi connectivity index (χ4n) is 8.61. The Morgan fingerprint density at radius 3 is 1.44 bits per heavy atom. The summed E-state index contributed by atoms with van der Waals surface area (Å²) in [6.07, 6.45) is -7.49. The monoisotopic (exact) mass is 907 g/mol. The highest BCUT2D eigenvalue weighted by Crippen LogP contribution is 2.42. The number of urea groups is 2. The standard InChI is InChI=1S/C47H39F6N9O4/c48-46(49,50)32-6-4-8-34(22-32)61-36-26-59(42(63)38(36)40(57-44(61)65)30-14-10-28(24-54)11-15-30)20-3-1-2-18-56-19-21-60-27-37-39(43(60)64)41(31-16-12-29(25-55)13-17-31)58-45(66)62(37)35-9-5-7-33(23-35)47(51,52)53/h4-17,22-23,40-41,56H,1-3,18-21,26-27H2,(H,57,65)(H,58,66)/t40-,41-/m1/s1. The predicted molar refractivity (Wildman–Crippen MR) is 227 cm³/mol. The molecule has 0 aliphatic carbocycles. The summed E-state index contributed by atoms with van der Waals surface area (Å²) in [5.41, 5.74) is 0.657. The summed E-state index contributed by atoms with van der Waals surface area (Å²) in [5.74, 6) is -0.791. The van der Waals surface area contributed by atoms with Crippen LogP contribution in [0.15, 0.2) is 120 Å². The van der Waals surface area contributed by atoms with E-state index >= 15 is 0 Å². The fourth-order valence-corrected chi connectivity index (χ4v) is 8.61. The summed E-state index contributed by atoms with van der Waals surface area (Å²) in [6.45, 7) is 1.26. The molecule has 0 saturated carbocycles. The first kappa shape index (κ1) is 44.9. The molecule has 338 valence electrons. The third-order valence-electron chi connectivity index (χ3n) is 11.8. The molecule has 0 radical (unpaired) electrons. The fraction of sp³-hybridized carbons (Fsp3) is 0.277. The van der Waals surface area contributed by atoms with E-state index in [1.807, 2.05) is 12.1 Å². The van der Waals surface area contributed by atoms with Crippen molar-refractivity contribution in [1.82, 2.24) is 25.8 Å². The zero-order valence-electron chi connectivity index (χ0n) is 34.8. The minimum Gasteiger partial charge on any atom is -0.333 e. The molecule has 0 fully saturated rings. The Labute approximate surface area is 374 Å². The maximum Gasteiger partial charge on any atom is 0.416 e. The number of halogens is 6. The number of unbranched alkanes of at least 4 members (excludes halogenated alkanes) is 2. The van der Waals surface area contributed by atoms with E-state index in [2.05, 4.69) is 16.0 Å². The molecule has 4 aromatic rings. The van der Waals surface area contributed by atoms with Gasteiger partial charge in [-0.05, 0) is 91.2 Å². The maximum absolute atomic E-state index is 14.0. The second-order valence-corrected chi connectivity index (χ2v) is 16.0. The lowest BCUT2D eigenvalue weighted by atomic mass is 9.94. The molecule has 13 nitrogen and oxygen atoms in total. The van der Waals surface area contributed by atoms with Gasteiger partial charge in [-0.2, -0.15) is 36.9 Å². The van der Waals surface area contributed by atoms with E-state index in [1.165, 1.54) is 29.2 Å². The van der Waals surface area contributed by atoms with Crippen LogP contribution in [0, 0.1) is 22.7 Å². The number of rotatable bonds is 13. The Bertz CT molecular complexity index is 2550. The van der Waals surface area contributed by atoms with Crippen LogP contribution >= 0.6 is 0 Å². The van der Waals surface area contributed by atoms with E-state index in [-0.39, 0.29) is 66.0 Å². The van der Waals surface area contributed by atoms with Crippen molar-refractivity contribution in [2.24, 2.45) is 0 Å². The van der Waals surface area contributed by atoms with Crippen LogP contribution in [0.3, 0.4) is 0 Å². The molecule has 6 amide bonds. The van der Waals surface area contributed by atoms with Gasteiger partial charge in [0.15, 0.2) is 0 Å². The molecule has 8 rings (SSSR count). The van der Waals surface area contributed by atoms with Crippen molar-refractivity contribution in [3.63, 3.8) is 0 Å². The average molecular weight is 908 g/mol. The number of hydrogen-bond donors (Lipinski definition) is 3. The Kier molecular flexibility index (Phi) is 12.3. The van der Waals surface area contributed by atoms with Crippen LogP contribution in [0.25, 0.3) is 0 Å². The van der Waals surface area contributed by atoms with Crippen molar-refractivity contribution in [1.29, 1.82) is 10.5 Å². The summed E-state index contributed by atoms with van der Waals surface area (Å²) in [4.78, 5) is 60.5. The van der Waals surface area contributed by atoms with E-state index in [0.717, 1.165) is 34.1 Å². The third-order valence-corrected chi connectivity index (χ3v) is 11.8. The molecule has 0 bridgehead atoms. The zero-order valence-corrected chi connectivity index (χ0v) is 34.8. The van der Waals surface area contributed by atoms with E-state index < -0.39 is 53.5 Å². The lowest BCUT2D eigenvalue weighted by Crippen LogP contribution is -2.47. The van der Waals surface area contributed by atoms with Crippen molar-refractivity contribution in [3.8, 4) is 12.1 Å². The summed E-state index contributed by atoms with van der Waals surface area (Å²) >= 11 is 0. The normalized spacial score (nSPS) is 18.6. The number of hydrogen-bond acceptors (Lipinski definition) is 7. The van der Waals surface area contributed by atoms with E-state index in [4.69, 9.17) is 0 Å². The van der Waals surface area contributed by atoms with Crippen molar-refractivity contribution in [2.75, 3.05) is 49.1 Å². The number of carbonyl (C=O) groups is 4. The van der Waals surface area contributed by atoms with Gasteiger partial charge in [0.2, 0.25) is 0 Å². The van der Waals surface area contributed by atoms with Crippen LogP contribution < -0.4 is 25.8 Å². The minimum atomic E-state index is -4.67. The van der Waals surface area contributed by atoms with Crippen LogP contribution in [-0.2, 0) is 21.9 Å². The first-order chi connectivity index (χ1) is 31.6. The quantitative estimate of drug-likeness (QED) is 0.0916. The second kappa shape index (κ2) is 18.1. The molecule has 4 aromatic carbocycles. The lowest BCUT2D eigenvalue weighted by molar-refractivity contribution is -0.138. The summed E-state index contributed by atoms with van der Waals surface area (Å²) < 4.78 is 82.2. The molecule has 0 spiro atoms. The van der Waals surface area contributed by atoms with E-state index in [1.54, 1.807) is 53.4 Å². The van der Waals surface area contributed by atoms with Gasteiger partial charge in [-0.25, -0.2) is 9.59 Å². The Morgan fingerprint density at radius 2 is 1.02 bits per heavy atom. The summed E-state index contributed by atoms with van der Waals surface area (Å²) in [7, 11) is 0. The number of nitriles is 2. The van der Waals surface area contributed by atoms with Gasteiger partial charge >= 0.3 is 24.4 Å². The molecule has 4 aliphatic heterocycles. The molecule has 19 heteroatoms. The second-order valence-electron chi connectivity index (χ2n) is 16.0.